The first-order valence-electron chi connectivity index (χ1n) is 5.15. The van der Waals surface area contributed by atoms with Crippen molar-refractivity contribution in [1.82, 2.24) is 9.88 Å². The number of H-pyrrole nitrogens is 1. The molecule has 0 aliphatic heterocycles. The standard InChI is InChI=1S/C11H16N2O4/c1-13(6-9(14)7-17-2)11(16)8-3-4-10(15)12-5-8/h3-5,9,14H,6-7H2,1-2H3,(H,12,15). The molecule has 1 rings (SSSR count). The number of nitrogens with one attached hydrogen (secondary N) is 1. The van der Waals surface area contributed by atoms with Gasteiger partial charge in [0.1, 0.15) is 0 Å². The molecular formula is C11H16N2O4. The normalized spacial score (nSPS) is 12.2. The van der Waals surface area contributed by atoms with Crippen LogP contribution in [0.25, 0.3) is 0 Å². The number of carbonyl (C=O) groups excluding carboxylic acids is 1. The third-order valence-corrected chi connectivity index (χ3v) is 2.22. The highest BCUT2D eigenvalue weighted by molar-refractivity contribution is 5.93. The Morgan fingerprint density at radius 2 is 2.29 bits per heavy atom. The van der Waals surface area contributed by atoms with Gasteiger partial charge in [-0.15, -0.1) is 0 Å². The van der Waals surface area contributed by atoms with Crippen LogP contribution in [0.3, 0.4) is 0 Å². The minimum Gasteiger partial charge on any atom is -0.389 e. The zero-order chi connectivity index (χ0) is 12.8. The van der Waals surface area contributed by atoms with Crippen molar-refractivity contribution in [2.45, 2.75) is 6.10 Å². The number of pyridine rings is 1. The topological polar surface area (TPSA) is 82.6 Å². The molecule has 1 aromatic heterocycles. The van der Waals surface area contributed by atoms with Crippen LogP contribution in [-0.2, 0) is 4.74 Å². The average molecular weight is 240 g/mol. The van der Waals surface area contributed by atoms with E-state index in [0.29, 0.717) is 5.56 Å². The van der Waals surface area contributed by atoms with Crippen LogP contribution < -0.4 is 5.56 Å². The number of aliphatic hydroxyl groups is 1. The maximum absolute atomic E-state index is 11.8. The van der Waals surface area contributed by atoms with Gasteiger partial charge in [-0.25, -0.2) is 0 Å². The van der Waals surface area contributed by atoms with Gasteiger partial charge in [0, 0.05) is 33.0 Å². The number of aliphatic hydroxyl groups excluding tert-OH is 1. The number of hydrogen-bond donors (Lipinski definition) is 2. The number of amides is 1. The van der Waals surface area contributed by atoms with E-state index in [2.05, 4.69) is 4.98 Å². The van der Waals surface area contributed by atoms with Gasteiger partial charge in [0.15, 0.2) is 0 Å². The summed E-state index contributed by atoms with van der Waals surface area (Å²) >= 11 is 0. The van der Waals surface area contributed by atoms with Gasteiger partial charge in [0.2, 0.25) is 5.56 Å². The number of aromatic amines is 1. The number of aromatic nitrogens is 1. The second-order valence-corrected chi connectivity index (χ2v) is 3.74. The fraction of sp³-hybridized carbons (Fsp3) is 0.455. The maximum atomic E-state index is 11.8. The highest BCUT2D eigenvalue weighted by Gasteiger charge is 2.15. The predicted molar refractivity (Wildman–Crippen MR) is 61.9 cm³/mol. The van der Waals surface area contributed by atoms with E-state index in [1.165, 1.54) is 30.3 Å². The molecule has 0 fully saturated rings. The fourth-order valence-electron chi connectivity index (χ4n) is 1.41. The van der Waals surface area contributed by atoms with Crippen LogP contribution in [0.4, 0.5) is 0 Å². The Morgan fingerprint density at radius 1 is 1.59 bits per heavy atom. The Balaban J connectivity index is 2.63. The lowest BCUT2D eigenvalue weighted by molar-refractivity contribution is 0.0380. The second-order valence-electron chi connectivity index (χ2n) is 3.74. The summed E-state index contributed by atoms with van der Waals surface area (Å²) in [6, 6.07) is 2.73. The number of likely N-dealkylation sites (N-methyl/N-ethyl adjacent to an activating group) is 1. The molecular weight excluding hydrogens is 224 g/mol. The Kier molecular flexibility index (Phi) is 4.86. The van der Waals surface area contributed by atoms with Crippen LogP contribution >= 0.6 is 0 Å². The zero-order valence-corrected chi connectivity index (χ0v) is 9.84. The predicted octanol–water partition coefficient (Wildman–Crippen LogP) is -0.546. The molecule has 0 saturated heterocycles. The van der Waals surface area contributed by atoms with E-state index >= 15 is 0 Å². The lowest BCUT2D eigenvalue weighted by Crippen LogP contribution is -2.36. The van der Waals surface area contributed by atoms with Crippen molar-refractivity contribution in [2.24, 2.45) is 0 Å². The molecule has 0 aromatic carbocycles. The Hall–Kier alpha value is -1.66. The zero-order valence-electron chi connectivity index (χ0n) is 9.84. The number of carbonyl (C=O) groups is 1. The minimum absolute atomic E-state index is 0.170. The molecule has 0 spiro atoms. The third-order valence-electron chi connectivity index (χ3n) is 2.22. The molecule has 0 aliphatic carbocycles. The maximum Gasteiger partial charge on any atom is 0.255 e. The van der Waals surface area contributed by atoms with E-state index < -0.39 is 6.10 Å². The van der Waals surface area contributed by atoms with Gasteiger partial charge in [-0.2, -0.15) is 0 Å². The van der Waals surface area contributed by atoms with Gasteiger partial charge in [-0.1, -0.05) is 0 Å². The molecule has 6 nitrogen and oxygen atoms in total. The average Bonchev–Trinajstić information content (AvgIpc) is 2.29. The van der Waals surface area contributed by atoms with Gasteiger partial charge >= 0.3 is 0 Å². The van der Waals surface area contributed by atoms with Crippen molar-refractivity contribution >= 4 is 5.91 Å². The van der Waals surface area contributed by atoms with Crippen molar-refractivity contribution in [3.8, 4) is 0 Å². The highest BCUT2D eigenvalue weighted by atomic mass is 16.5. The summed E-state index contributed by atoms with van der Waals surface area (Å²) in [5.74, 6) is -0.267. The van der Waals surface area contributed by atoms with E-state index in [9.17, 15) is 14.7 Å². The number of hydrogen-bond acceptors (Lipinski definition) is 4. The van der Waals surface area contributed by atoms with E-state index in [-0.39, 0.29) is 24.6 Å². The van der Waals surface area contributed by atoms with Crippen LogP contribution in [0.15, 0.2) is 23.1 Å². The first kappa shape index (κ1) is 13.4. The van der Waals surface area contributed by atoms with Gasteiger partial charge in [-0.3, -0.25) is 9.59 Å². The number of ether oxygens (including phenoxy) is 1. The monoisotopic (exact) mass is 240 g/mol. The van der Waals surface area contributed by atoms with Crippen LogP contribution in [0.1, 0.15) is 10.4 Å². The van der Waals surface area contributed by atoms with Crippen molar-refractivity contribution in [3.05, 3.63) is 34.2 Å². The molecule has 1 amide bonds. The molecule has 1 heterocycles. The molecule has 1 unspecified atom stereocenters. The van der Waals surface area contributed by atoms with Crippen molar-refractivity contribution in [3.63, 3.8) is 0 Å². The quantitative estimate of drug-likeness (QED) is 0.723. The van der Waals surface area contributed by atoms with E-state index in [1.54, 1.807) is 7.05 Å². The Labute approximate surface area is 98.8 Å². The van der Waals surface area contributed by atoms with Gasteiger partial charge < -0.3 is 19.7 Å². The number of nitrogens with zero attached hydrogens (tertiary/aromatic N) is 1. The summed E-state index contributed by atoms with van der Waals surface area (Å²) in [5, 5.41) is 9.48. The smallest absolute Gasteiger partial charge is 0.255 e. The summed E-state index contributed by atoms with van der Waals surface area (Å²) in [7, 11) is 3.05. The molecule has 17 heavy (non-hydrogen) atoms. The van der Waals surface area contributed by atoms with Gasteiger partial charge in [-0.05, 0) is 6.07 Å². The summed E-state index contributed by atoms with van der Waals surface area (Å²) < 4.78 is 4.77. The molecule has 0 aliphatic rings. The van der Waals surface area contributed by atoms with Crippen molar-refractivity contribution < 1.29 is 14.6 Å². The van der Waals surface area contributed by atoms with Crippen LogP contribution in [0, 0.1) is 0 Å². The SMILES string of the molecule is COCC(O)CN(C)C(=O)c1ccc(=O)[nH]c1. The lowest BCUT2D eigenvalue weighted by atomic mass is 10.2. The molecule has 1 atom stereocenters. The molecule has 6 heteroatoms. The first-order valence-corrected chi connectivity index (χ1v) is 5.15. The van der Waals surface area contributed by atoms with Gasteiger partial charge in [0.05, 0.1) is 18.3 Å². The Morgan fingerprint density at radius 3 is 2.82 bits per heavy atom. The summed E-state index contributed by atoms with van der Waals surface area (Å²) in [6.07, 6.45) is 0.626. The van der Waals surface area contributed by atoms with Crippen LogP contribution in [0.2, 0.25) is 0 Å². The van der Waals surface area contributed by atoms with E-state index in [4.69, 9.17) is 4.74 Å². The van der Waals surface area contributed by atoms with E-state index in [0.717, 1.165) is 0 Å². The highest BCUT2D eigenvalue weighted by Crippen LogP contribution is 2.01. The summed E-state index contributed by atoms with van der Waals surface area (Å²) in [4.78, 5) is 26.5. The largest absolute Gasteiger partial charge is 0.389 e. The number of methoxy groups -OCH3 is 1. The number of rotatable bonds is 5. The van der Waals surface area contributed by atoms with Gasteiger partial charge in [0.25, 0.3) is 5.91 Å². The third kappa shape index (κ3) is 4.01. The van der Waals surface area contributed by atoms with Crippen LogP contribution in [0.5, 0.6) is 0 Å². The summed E-state index contributed by atoms with van der Waals surface area (Å²) in [6.45, 7) is 0.342. The van der Waals surface area contributed by atoms with Crippen molar-refractivity contribution in [2.75, 3.05) is 27.3 Å². The van der Waals surface area contributed by atoms with Crippen LogP contribution in [-0.4, -0.2) is 54.3 Å². The van der Waals surface area contributed by atoms with E-state index in [1.807, 2.05) is 0 Å². The lowest BCUT2D eigenvalue weighted by Gasteiger charge is -2.20. The second kappa shape index (κ2) is 6.17. The molecule has 2 N–H and O–H groups in total. The molecule has 0 radical (unpaired) electrons. The molecule has 0 bridgehead atoms. The fourth-order valence-corrected chi connectivity index (χ4v) is 1.41. The molecule has 1 aromatic rings. The summed E-state index contributed by atoms with van der Waals surface area (Å²) in [5.41, 5.74) is 0.111. The molecule has 94 valence electrons. The first-order chi connectivity index (χ1) is 8.04. The minimum atomic E-state index is -0.725. The Bertz CT molecular complexity index is 409. The molecule has 0 saturated carbocycles. The van der Waals surface area contributed by atoms with Crippen molar-refractivity contribution in [1.29, 1.82) is 0 Å².